The van der Waals surface area contributed by atoms with Crippen LogP contribution in [-0.4, -0.2) is 99.6 Å². The van der Waals surface area contributed by atoms with Crippen LogP contribution < -0.4 is 5.32 Å². The van der Waals surface area contributed by atoms with Gasteiger partial charge in [-0.1, -0.05) is 285 Å². The molecule has 478 valence electrons. The molecule has 0 aromatic heterocycles. The highest BCUT2D eigenvalue weighted by Gasteiger charge is 2.47. The van der Waals surface area contributed by atoms with E-state index >= 15 is 0 Å². The third-order valence-electron chi connectivity index (χ3n) is 15.5. The summed E-state index contributed by atoms with van der Waals surface area (Å²) in [5.41, 5.74) is 0. The summed E-state index contributed by atoms with van der Waals surface area (Å²) in [6.07, 6.45) is 69.0. The van der Waals surface area contributed by atoms with E-state index in [1.165, 1.54) is 154 Å². The largest absolute Gasteiger partial charge is 0.454 e. The van der Waals surface area contributed by atoms with Crippen LogP contribution in [0.4, 0.5) is 0 Å². The molecule has 1 amide bonds. The summed E-state index contributed by atoms with van der Waals surface area (Å²) in [5.74, 6) is -1.28. The zero-order valence-corrected chi connectivity index (χ0v) is 53.0. The summed E-state index contributed by atoms with van der Waals surface area (Å²) >= 11 is 0. The molecule has 1 aliphatic rings. The summed E-state index contributed by atoms with van der Waals surface area (Å²) in [4.78, 5) is 26.6. The minimum atomic E-state index is -1.65. The lowest BCUT2D eigenvalue weighted by Crippen LogP contribution is -2.61. The molecule has 11 nitrogen and oxygen atoms in total. The molecule has 1 saturated heterocycles. The first kappa shape index (κ1) is 77.6. The topological polar surface area (TPSA) is 175 Å². The van der Waals surface area contributed by atoms with Crippen LogP contribution in [0.3, 0.4) is 0 Å². The number of amides is 1. The summed E-state index contributed by atoms with van der Waals surface area (Å²) in [6.45, 7) is 5.64. The van der Waals surface area contributed by atoms with E-state index in [2.05, 4.69) is 99.0 Å². The number of nitrogens with one attached hydrogen (secondary N) is 1. The fourth-order valence-electron chi connectivity index (χ4n) is 10.1. The molecule has 6 N–H and O–H groups in total. The van der Waals surface area contributed by atoms with E-state index in [4.69, 9.17) is 14.2 Å². The van der Waals surface area contributed by atoms with Gasteiger partial charge in [-0.3, -0.25) is 9.59 Å². The Labute approximate surface area is 507 Å². The molecule has 83 heavy (non-hydrogen) atoms. The highest BCUT2D eigenvalue weighted by atomic mass is 16.7. The van der Waals surface area contributed by atoms with Gasteiger partial charge in [0.1, 0.15) is 24.4 Å². The molecule has 11 heteroatoms. The van der Waals surface area contributed by atoms with E-state index in [0.717, 1.165) is 77.0 Å². The Morgan fingerprint density at radius 3 is 1.30 bits per heavy atom. The molecule has 0 aromatic rings. The lowest BCUT2D eigenvalue weighted by molar-refractivity contribution is -0.305. The number of unbranched alkanes of at least 4 members (excludes halogenated alkanes) is 29. The molecule has 0 bridgehead atoms. The molecule has 0 spiro atoms. The van der Waals surface area contributed by atoms with Crippen molar-refractivity contribution in [3.05, 3.63) is 97.2 Å². The summed E-state index contributed by atoms with van der Waals surface area (Å²) in [7, 11) is 0. The molecule has 8 unspecified atom stereocenters. The van der Waals surface area contributed by atoms with E-state index < -0.39 is 67.4 Å². The quantitative estimate of drug-likeness (QED) is 0.0195. The number of allylic oxidation sites excluding steroid dienone is 15. The van der Waals surface area contributed by atoms with E-state index in [0.29, 0.717) is 19.3 Å². The Balaban J connectivity index is 2.62. The van der Waals surface area contributed by atoms with Crippen LogP contribution in [0.1, 0.15) is 284 Å². The Bertz CT molecular complexity index is 1720. The average molecular weight is 1160 g/mol. The van der Waals surface area contributed by atoms with Crippen molar-refractivity contribution in [1.82, 2.24) is 5.32 Å². The van der Waals surface area contributed by atoms with Crippen molar-refractivity contribution in [2.75, 3.05) is 13.2 Å². The highest BCUT2D eigenvalue weighted by molar-refractivity contribution is 5.80. The molecule has 1 fully saturated rings. The molecule has 1 heterocycles. The van der Waals surface area contributed by atoms with Crippen molar-refractivity contribution in [3.63, 3.8) is 0 Å². The highest BCUT2D eigenvalue weighted by Crippen LogP contribution is 2.26. The molecule has 1 aliphatic heterocycles. The number of esters is 1. The predicted molar refractivity (Wildman–Crippen MR) is 347 cm³/mol. The third-order valence-corrected chi connectivity index (χ3v) is 15.5. The maximum absolute atomic E-state index is 13.5. The SMILES string of the molecule is CC/C=C\C/C=C\C/C=C\C/C=C\C/C=C\C/C=C\CCC(=O)OC1C(OCC(NC(=O)C(O)CCCCCCCCCCCCCCCC/C=C/CCCCCCCC)C(O)/C=C/CCCCCCCCCCC)OC(CO)C(O)C1O. The number of hydrogen-bond acceptors (Lipinski definition) is 10. The second-order valence-electron chi connectivity index (χ2n) is 23.2. The molecule has 0 radical (unpaired) electrons. The number of carbonyl (C=O) groups is 2. The Morgan fingerprint density at radius 2 is 0.867 bits per heavy atom. The van der Waals surface area contributed by atoms with Crippen LogP contribution in [0, 0.1) is 0 Å². The lowest BCUT2D eigenvalue weighted by Gasteiger charge is -2.41. The fraction of sp³-hybridized carbons (Fsp3) is 0.750. The first-order valence-electron chi connectivity index (χ1n) is 34.0. The third kappa shape index (κ3) is 46.5. The van der Waals surface area contributed by atoms with Gasteiger partial charge in [-0.05, 0) is 89.9 Å². The molecule has 0 aliphatic carbocycles. The Hall–Kier alpha value is -3.42. The van der Waals surface area contributed by atoms with E-state index in [-0.39, 0.29) is 19.4 Å². The molecular weight excluding hydrogens is 1040 g/mol. The number of hydrogen-bond donors (Lipinski definition) is 6. The van der Waals surface area contributed by atoms with E-state index in [9.17, 15) is 35.1 Å². The normalized spacial score (nSPS) is 19.2. The van der Waals surface area contributed by atoms with Gasteiger partial charge in [-0.2, -0.15) is 0 Å². The van der Waals surface area contributed by atoms with Gasteiger partial charge in [0.25, 0.3) is 0 Å². The molecule has 0 aromatic carbocycles. The van der Waals surface area contributed by atoms with Gasteiger partial charge < -0.3 is 45.1 Å². The molecule has 0 saturated carbocycles. The molecular formula is C72H125NO10. The van der Waals surface area contributed by atoms with Crippen molar-refractivity contribution in [2.24, 2.45) is 0 Å². The summed E-state index contributed by atoms with van der Waals surface area (Å²) in [5, 5.41) is 57.1. The average Bonchev–Trinajstić information content (AvgIpc) is 3.69. The van der Waals surface area contributed by atoms with Gasteiger partial charge in [-0.25, -0.2) is 0 Å². The van der Waals surface area contributed by atoms with Gasteiger partial charge in [0, 0.05) is 6.42 Å². The van der Waals surface area contributed by atoms with Crippen LogP contribution in [0.2, 0.25) is 0 Å². The van der Waals surface area contributed by atoms with E-state index in [1.54, 1.807) is 6.08 Å². The van der Waals surface area contributed by atoms with Gasteiger partial charge in [-0.15, -0.1) is 0 Å². The monoisotopic (exact) mass is 1160 g/mol. The van der Waals surface area contributed by atoms with Gasteiger partial charge in [0.05, 0.1) is 25.4 Å². The number of aliphatic hydroxyl groups excluding tert-OH is 5. The standard InChI is InChI=1S/C72H125NO10/c1-4-7-10-13-16-19-22-24-26-28-30-31-32-33-34-36-37-39-41-44-47-50-53-56-59-65(76)71(80)73-63(64(75)58-55-52-49-46-43-21-18-15-12-9-6-3)62-81-72-70(69(79)68(78)66(61-74)82-72)83-67(77)60-57-54-51-48-45-42-40-38-35-29-27-25-23-20-17-14-11-8-5-2/h8,11,17,20,24-27,35,38,42,45,51,54-55,58,63-66,68-70,72,74-76,78-79H,4-7,9-10,12-16,18-19,21-23,28-34,36-37,39-41,43-44,46-50,52-53,56-57,59-62H2,1-3H3,(H,73,80)/b11-8-,20-17-,26-24+,27-25-,38-35-,45-42-,54-51-,58-55+. The van der Waals surface area contributed by atoms with Crippen LogP contribution in [0.25, 0.3) is 0 Å². The zero-order chi connectivity index (χ0) is 60.3. The van der Waals surface area contributed by atoms with Gasteiger partial charge in [0.2, 0.25) is 5.91 Å². The predicted octanol–water partition coefficient (Wildman–Crippen LogP) is 17.1. The minimum Gasteiger partial charge on any atom is -0.454 e. The minimum absolute atomic E-state index is 0.00490. The maximum Gasteiger partial charge on any atom is 0.306 e. The second kappa shape index (κ2) is 58.9. The smallest absolute Gasteiger partial charge is 0.306 e. The zero-order valence-electron chi connectivity index (χ0n) is 53.0. The van der Waals surface area contributed by atoms with Crippen LogP contribution in [0.15, 0.2) is 97.2 Å². The van der Waals surface area contributed by atoms with Crippen LogP contribution >= 0.6 is 0 Å². The number of ether oxygens (including phenoxy) is 3. The fourth-order valence-corrected chi connectivity index (χ4v) is 10.1. The first-order valence-corrected chi connectivity index (χ1v) is 34.0. The van der Waals surface area contributed by atoms with Crippen molar-refractivity contribution in [1.29, 1.82) is 0 Å². The van der Waals surface area contributed by atoms with Crippen molar-refractivity contribution < 1.29 is 49.3 Å². The Morgan fingerprint density at radius 1 is 0.482 bits per heavy atom. The number of rotatable bonds is 57. The number of carbonyl (C=O) groups excluding carboxylic acids is 2. The lowest BCUT2D eigenvalue weighted by atomic mass is 9.99. The van der Waals surface area contributed by atoms with Gasteiger partial charge >= 0.3 is 5.97 Å². The van der Waals surface area contributed by atoms with Crippen molar-refractivity contribution in [2.45, 2.75) is 333 Å². The second-order valence-corrected chi connectivity index (χ2v) is 23.2. The molecule has 1 rings (SSSR count). The van der Waals surface area contributed by atoms with E-state index in [1.807, 2.05) is 18.2 Å². The summed E-state index contributed by atoms with van der Waals surface area (Å²) in [6, 6.07) is -1.04. The van der Waals surface area contributed by atoms with Crippen LogP contribution in [-0.2, 0) is 23.8 Å². The van der Waals surface area contributed by atoms with Crippen LogP contribution in [0.5, 0.6) is 0 Å². The Kier molecular flexibility index (Phi) is 55.1. The van der Waals surface area contributed by atoms with Crippen molar-refractivity contribution >= 4 is 11.9 Å². The number of aliphatic hydroxyl groups is 5. The summed E-state index contributed by atoms with van der Waals surface area (Å²) < 4.78 is 17.6. The molecule has 8 atom stereocenters. The first-order chi connectivity index (χ1) is 40.7. The van der Waals surface area contributed by atoms with Gasteiger partial charge in [0.15, 0.2) is 12.4 Å². The maximum atomic E-state index is 13.5. The van der Waals surface area contributed by atoms with Crippen molar-refractivity contribution in [3.8, 4) is 0 Å².